The summed E-state index contributed by atoms with van der Waals surface area (Å²) in [4.78, 5) is 33.6. The summed E-state index contributed by atoms with van der Waals surface area (Å²) in [5.41, 5.74) is 5.53. The first-order valence-electron chi connectivity index (χ1n) is 6.04. The molecule has 0 heterocycles. The fourth-order valence-corrected chi connectivity index (χ4v) is 2.08. The van der Waals surface area contributed by atoms with Crippen molar-refractivity contribution in [1.82, 2.24) is 10.6 Å². The van der Waals surface area contributed by atoms with Crippen LogP contribution < -0.4 is 16.4 Å². The number of urea groups is 1. The molecule has 4 N–H and O–H groups in total. The average molecular weight is 289 g/mol. The van der Waals surface area contributed by atoms with Crippen LogP contribution in [0.15, 0.2) is 0 Å². The molecule has 0 aromatic heterocycles. The van der Waals surface area contributed by atoms with Gasteiger partial charge >= 0.3 is 12.0 Å². The van der Waals surface area contributed by atoms with E-state index in [0.29, 0.717) is 12.2 Å². The Balaban J connectivity index is 2.03. The molecule has 3 amide bonds. The second-order valence-corrected chi connectivity index (χ2v) is 5.37. The number of nitrogens with one attached hydrogen (secondary N) is 2. The lowest BCUT2D eigenvalue weighted by Gasteiger charge is -2.08. The van der Waals surface area contributed by atoms with Crippen molar-refractivity contribution < 1.29 is 19.1 Å². The molecule has 1 unspecified atom stereocenters. The number of thioether (sulfide) groups is 1. The van der Waals surface area contributed by atoms with Crippen molar-refractivity contribution in [3.05, 3.63) is 0 Å². The molecule has 1 atom stereocenters. The quantitative estimate of drug-likeness (QED) is 0.434. The van der Waals surface area contributed by atoms with Crippen LogP contribution in [0.1, 0.15) is 19.3 Å². The minimum absolute atomic E-state index is 0.159. The average Bonchev–Trinajstić information content (AvgIpc) is 3.16. The molecule has 108 valence electrons. The lowest BCUT2D eigenvalue weighted by atomic mass is 10.2. The van der Waals surface area contributed by atoms with Gasteiger partial charge in [-0.1, -0.05) is 0 Å². The van der Waals surface area contributed by atoms with Crippen LogP contribution >= 0.6 is 11.8 Å². The van der Waals surface area contributed by atoms with Crippen LogP contribution in [-0.2, 0) is 14.3 Å². The zero-order chi connectivity index (χ0) is 14.3. The highest BCUT2D eigenvalue weighted by Crippen LogP contribution is 2.18. The summed E-state index contributed by atoms with van der Waals surface area (Å²) in [7, 11) is 1.28. The molecule has 0 bridgehead atoms. The molecule has 0 aromatic rings. The first-order valence-corrected chi connectivity index (χ1v) is 7.20. The van der Waals surface area contributed by atoms with E-state index < -0.39 is 18.0 Å². The third kappa shape index (κ3) is 7.02. The fourth-order valence-electron chi connectivity index (χ4n) is 1.26. The second-order valence-electron chi connectivity index (χ2n) is 4.27. The van der Waals surface area contributed by atoms with E-state index in [9.17, 15) is 14.4 Å². The largest absolute Gasteiger partial charge is 0.468 e. The SMILES string of the molecule is COC(=O)C(N)CCSCC(=O)NC(=O)NC1CC1. The highest BCUT2D eigenvalue weighted by molar-refractivity contribution is 7.99. The smallest absolute Gasteiger partial charge is 0.322 e. The van der Waals surface area contributed by atoms with E-state index in [-0.39, 0.29) is 17.7 Å². The number of amides is 3. The molecular weight excluding hydrogens is 270 g/mol. The molecule has 1 aliphatic carbocycles. The fraction of sp³-hybridized carbons (Fsp3) is 0.727. The molecule has 0 aliphatic heterocycles. The Morgan fingerprint density at radius 3 is 2.68 bits per heavy atom. The molecule has 19 heavy (non-hydrogen) atoms. The predicted molar refractivity (Wildman–Crippen MR) is 71.6 cm³/mol. The summed E-state index contributed by atoms with van der Waals surface area (Å²) < 4.78 is 4.48. The molecule has 0 radical (unpaired) electrons. The van der Waals surface area contributed by atoms with Crippen LogP contribution in [-0.4, -0.2) is 48.6 Å². The van der Waals surface area contributed by atoms with Gasteiger partial charge in [0.25, 0.3) is 0 Å². The zero-order valence-corrected chi connectivity index (χ0v) is 11.6. The van der Waals surface area contributed by atoms with Gasteiger partial charge in [0.2, 0.25) is 5.91 Å². The minimum Gasteiger partial charge on any atom is -0.468 e. The Hall–Kier alpha value is -1.28. The van der Waals surface area contributed by atoms with Gasteiger partial charge in [-0.2, -0.15) is 11.8 Å². The molecule has 0 spiro atoms. The van der Waals surface area contributed by atoms with Crippen molar-refractivity contribution in [3.63, 3.8) is 0 Å². The molecule has 1 fully saturated rings. The van der Waals surface area contributed by atoms with E-state index in [4.69, 9.17) is 5.73 Å². The standard InChI is InChI=1S/C11H19N3O4S/c1-18-10(16)8(12)4-5-19-6-9(15)14-11(17)13-7-2-3-7/h7-8H,2-6,12H2,1H3,(H2,13,14,15,17). The monoisotopic (exact) mass is 289 g/mol. The molecule has 8 heteroatoms. The number of carbonyl (C=O) groups excluding carboxylic acids is 3. The summed E-state index contributed by atoms with van der Waals surface area (Å²) >= 11 is 1.31. The maximum Gasteiger partial charge on any atom is 0.322 e. The Kier molecular flexibility index (Phi) is 6.65. The van der Waals surface area contributed by atoms with Crippen molar-refractivity contribution in [1.29, 1.82) is 0 Å². The highest BCUT2D eigenvalue weighted by atomic mass is 32.2. The van der Waals surface area contributed by atoms with Gasteiger partial charge < -0.3 is 15.8 Å². The van der Waals surface area contributed by atoms with E-state index in [1.54, 1.807) is 0 Å². The molecule has 0 saturated heterocycles. The lowest BCUT2D eigenvalue weighted by Crippen LogP contribution is -2.41. The normalized spacial score (nSPS) is 15.5. The van der Waals surface area contributed by atoms with Crippen LogP contribution in [0, 0.1) is 0 Å². The third-order valence-electron chi connectivity index (χ3n) is 2.48. The van der Waals surface area contributed by atoms with Crippen LogP contribution in [0.5, 0.6) is 0 Å². The predicted octanol–water partition coefficient (Wildman–Crippen LogP) is -0.402. The summed E-state index contributed by atoms with van der Waals surface area (Å²) in [6.07, 6.45) is 2.38. The van der Waals surface area contributed by atoms with Gasteiger partial charge in [-0.05, 0) is 25.0 Å². The summed E-state index contributed by atoms with van der Waals surface area (Å²) in [6.45, 7) is 0. The Morgan fingerprint density at radius 1 is 1.42 bits per heavy atom. The number of methoxy groups -OCH3 is 1. The number of carbonyl (C=O) groups is 3. The molecule has 0 aromatic carbocycles. The van der Waals surface area contributed by atoms with Gasteiger partial charge in [0, 0.05) is 6.04 Å². The number of ether oxygens (including phenoxy) is 1. The number of nitrogens with two attached hydrogens (primary N) is 1. The van der Waals surface area contributed by atoms with Crippen molar-refractivity contribution in [2.75, 3.05) is 18.6 Å². The zero-order valence-electron chi connectivity index (χ0n) is 10.8. The number of rotatable bonds is 7. The maximum absolute atomic E-state index is 11.4. The Morgan fingerprint density at radius 2 is 2.11 bits per heavy atom. The van der Waals surface area contributed by atoms with E-state index in [2.05, 4.69) is 15.4 Å². The van der Waals surface area contributed by atoms with Gasteiger partial charge in [0.05, 0.1) is 12.9 Å². The van der Waals surface area contributed by atoms with Gasteiger partial charge in [0.15, 0.2) is 0 Å². The van der Waals surface area contributed by atoms with Crippen molar-refractivity contribution in [2.45, 2.75) is 31.3 Å². The maximum atomic E-state index is 11.4. The van der Waals surface area contributed by atoms with Gasteiger partial charge in [0.1, 0.15) is 6.04 Å². The summed E-state index contributed by atoms with van der Waals surface area (Å²) in [6, 6.07) is -0.892. The Labute approximate surface area is 116 Å². The van der Waals surface area contributed by atoms with E-state index >= 15 is 0 Å². The number of hydrogen-bond donors (Lipinski definition) is 3. The van der Waals surface area contributed by atoms with E-state index in [1.165, 1.54) is 18.9 Å². The van der Waals surface area contributed by atoms with Crippen molar-refractivity contribution >= 4 is 29.7 Å². The van der Waals surface area contributed by atoms with Gasteiger partial charge in [-0.15, -0.1) is 0 Å². The number of esters is 1. The van der Waals surface area contributed by atoms with Crippen molar-refractivity contribution in [2.24, 2.45) is 5.73 Å². The Bertz CT molecular complexity index is 347. The topological polar surface area (TPSA) is 111 Å². The van der Waals surface area contributed by atoms with Crippen LogP contribution in [0.25, 0.3) is 0 Å². The number of imide groups is 1. The second kappa shape index (κ2) is 8.00. The molecular formula is C11H19N3O4S. The van der Waals surface area contributed by atoms with Crippen LogP contribution in [0.3, 0.4) is 0 Å². The van der Waals surface area contributed by atoms with Gasteiger partial charge in [-0.3, -0.25) is 14.9 Å². The molecule has 7 nitrogen and oxygen atoms in total. The van der Waals surface area contributed by atoms with Crippen molar-refractivity contribution in [3.8, 4) is 0 Å². The van der Waals surface area contributed by atoms with E-state index in [1.807, 2.05) is 0 Å². The van der Waals surface area contributed by atoms with Crippen LogP contribution in [0.2, 0.25) is 0 Å². The first kappa shape index (κ1) is 15.8. The van der Waals surface area contributed by atoms with Crippen LogP contribution in [0.4, 0.5) is 4.79 Å². The first-order chi connectivity index (χ1) is 9.02. The number of hydrogen-bond acceptors (Lipinski definition) is 6. The molecule has 1 rings (SSSR count). The van der Waals surface area contributed by atoms with E-state index in [0.717, 1.165) is 12.8 Å². The minimum atomic E-state index is -0.668. The lowest BCUT2D eigenvalue weighted by molar-refractivity contribution is -0.142. The summed E-state index contributed by atoms with van der Waals surface area (Å²) in [5.74, 6) is -0.108. The highest BCUT2D eigenvalue weighted by Gasteiger charge is 2.23. The summed E-state index contributed by atoms with van der Waals surface area (Å²) in [5, 5.41) is 4.90. The third-order valence-corrected chi connectivity index (χ3v) is 3.47. The molecule has 1 saturated carbocycles. The molecule has 1 aliphatic rings. The van der Waals surface area contributed by atoms with Gasteiger partial charge in [-0.25, -0.2) is 4.79 Å².